The first kappa shape index (κ1) is 26.6. The van der Waals surface area contributed by atoms with Crippen molar-refractivity contribution in [1.29, 1.82) is 0 Å². The highest BCUT2D eigenvalue weighted by atomic mass is 16.5. The van der Waals surface area contributed by atoms with Crippen LogP contribution in [0, 0.1) is 0 Å². The summed E-state index contributed by atoms with van der Waals surface area (Å²) in [5, 5.41) is 12.9. The van der Waals surface area contributed by atoms with Crippen LogP contribution in [0.5, 0.6) is 17.5 Å². The quantitative estimate of drug-likeness (QED) is 0.242. The number of para-hydroxylation sites is 2. The Bertz CT molecular complexity index is 1910. The summed E-state index contributed by atoms with van der Waals surface area (Å²) in [4.78, 5) is 9.71. The van der Waals surface area contributed by atoms with E-state index in [9.17, 15) is 5.11 Å². The number of rotatable bonds is 4. The number of nitrogens with zero attached hydrogens (tertiary/aromatic N) is 3. The molecule has 0 unspecified atom stereocenters. The lowest BCUT2D eigenvalue weighted by Gasteiger charge is -2.21. The van der Waals surface area contributed by atoms with Gasteiger partial charge in [0, 0.05) is 28.5 Å². The third-order valence-corrected chi connectivity index (χ3v) is 7.53. The second-order valence-electron chi connectivity index (χ2n) is 12.6. The molecule has 6 rings (SSSR count). The summed E-state index contributed by atoms with van der Waals surface area (Å²) in [6.45, 7) is 13.2. The highest BCUT2D eigenvalue weighted by Crippen LogP contribution is 2.37. The second-order valence-corrected chi connectivity index (χ2v) is 12.6. The second kappa shape index (κ2) is 9.77. The fraction of sp³-hybridized carbons (Fsp3) is 0.222. The Morgan fingerprint density at radius 1 is 0.610 bits per heavy atom. The summed E-state index contributed by atoms with van der Waals surface area (Å²) < 4.78 is 8.52. The zero-order chi connectivity index (χ0) is 28.9. The summed E-state index contributed by atoms with van der Waals surface area (Å²) in [6, 6.07) is 32.1. The van der Waals surface area contributed by atoms with E-state index in [1.54, 1.807) is 12.1 Å². The van der Waals surface area contributed by atoms with Crippen molar-refractivity contribution in [1.82, 2.24) is 14.5 Å². The Labute approximate surface area is 241 Å². The van der Waals surface area contributed by atoms with Crippen LogP contribution in [0.1, 0.15) is 52.7 Å². The molecule has 5 nitrogen and oxygen atoms in total. The van der Waals surface area contributed by atoms with E-state index < -0.39 is 0 Å². The third kappa shape index (κ3) is 5.04. The fourth-order valence-electron chi connectivity index (χ4n) is 5.20. The van der Waals surface area contributed by atoms with Gasteiger partial charge in [-0.1, -0.05) is 84.0 Å². The number of aromatic nitrogens is 3. The Morgan fingerprint density at radius 2 is 1.32 bits per heavy atom. The Balaban J connectivity index is 1.46. The molecule has 3 aromatic carbocycles. The summed E-state index contributed by atoms with van der Waals surface area (Å²) >= 11 is 0. The van der Waals surface area contributed by atoms with E-state index >= 15 is 0 Å². The molecule has 41 heavy (non-hydrogen) atoms. The molecule has 0 saturated carbocycles. The number of phenols is 1. The van der Waals surface area contributed by atoms with Gasteiger partial charge in [0.05, 0.1) is 16.7 Å². The van der Waals surface area contributed by atoms with Crippen molar-refractivity contribution in [3.63, 3.8) is 0 Å². The minimum atomic E-state index is -0.148. The minimum absolute atomic E-state index is 0.0490. The molecule has 0 bridgehead atoms. The molecule has 0 atom stereocenters. The smallest absolute Gasteiger partial charge is 0.223 e. The number of benzene rings is 3. The van der Waals surface area contributed by atoms with Gasteiger partial charge in [-0.2, -0.15) is 4.98 Å². The molecule has 206 valence electrons. The van der Waals surface area contributed by atoms with Crippen LogP contribution in [0.15, 0.2) is 97.1 Å². The molecular formula is C36H35N3O2. The predicted octanol–water partition coefficient (Wildman–Crippen LogP) is 9.33. The van der Waals surface area contributed by atoms with E-state index in [-0.39, 0.29) is 16.6 Å². The van der Waals surface area contributed by atoms with E-state index in [1.807, 2.05) is 42.5 Å². The van der Waals surface area contributed by atoms with Crippen molar-refractivity contribution >= 4 is 21.8 Å². The van der Waals surface area contributed by atoms with Crippen LogP contribution in [-0.2, 0) is 10.8 Å². The van der Waals surface area contributed by atoms with E-state index in [0.29, 0.717) is 23.0 Å². The number of hydrogen-bond donors (Lipinski definition) is 1. The maximum Gasteiger partial charge on any atom is 0.223 e. The Kier molecular flexibility index (Phi) is 6.33. The van der Waals surface area contributed by atoms with Gasteiger partial charge in [0.2, 0.25) is 11.8 Å². The van der Waals surface area contributed by atoms with Gasteiger partial charge < -0.3 is 9.84 Å². The normalized spacial score (nSPS) is 12.2. The van der Waals surface area contributed by atoms with Crippen LogP contribution in [-0.4, -0.2) is 19.6 Å². The van der Waals surface area contributed by atoms with E-state index in [1.165, 1.54) is 16.3 Å². The first-order chi connectivity index (χ1) is 19.5. The van der Waals surface area contributed by atoms with Crippen LogP contribution in [0.2, 0.25) is 0 Å². The molecule has 0 aliphatic heterocycles. The first-order valence-electron chi connectivity index (χ1n) is 14.0. The molecule has 3 aromatic heterocycles. The van der Waals surface area contributed by atoms with Crippen LogP contribution in [0.25, 0.3) is 38.9 Å². The molecule has 6 aromatic rings. The lowest BCUT2D eigenvalue weighted by molar-refractivity contribution is 0.441. The highest BCUT2D eigenvalue weighted by molar-refractivity contribution is 6.09. The standard InChI is InChI=1S/C36H35N3O2/c1-35(2,3)23-18-19-30-27(20-23)25-12-7-9-14-29(25)39(30)32-16-11-17-33(38-32)41-34-22-24(36(4,5)6)21-28(37-34)26-13-8-10-15-31(26)40/h7-22,40H,1-6H3. The van der Waals surface area contributed by atoms with Gasteiger partial charge in [0.1, 0.15) is 11.6 Å². The molecule has 3 heterocycles. The van der Waals surface area contributed by atoms with Crippen molar-refractivity contribution in [3.8, 4) is 34.6 Å². The molecule has 0 amide bonds. The van der Waals surface area contributed by atoms with Crippen molar-refractivity contribution in [2.24, 2.45) is 0 Å². The third-order valence-electron chi connectivity index (χ3n) is 7.53. The number of aromatic hydroxyl groups is 1. The van der Waals surface area contributed by atoms with E-state index in [4.69, 9.17) is 14.7 Å². The molecule has 0 saturated heterocycles. The number of pyridine rings is 2. The van der Waals surface area contributed by atoms with Crippen molar-refractivity contribution in [2.75, 3.05) is 0 Å². The molecule has 0 aliphatic carbocycles. The lowest BCUT2D eigenvalue weighted by atomic mass is 9.86. The van der Waals surface area contributed by atoms with Gasteiger partial charge in [0.15, 0.2) is 0 Å². The van der Waals surface area contributed by atoms with E-state index in [0.717, 1.165) is 22.4 Å². The molecule has 0 spiro atoms. The molecule has 0 aliphatic rings. The monoisotopic (exact) mass is 541 g/mol. The number of phenolic OH excluding ortho intramolecular Hbond substituents is 1. The Hall–Kier alpha value is -4.64. The number of ether oxygens (including phenoxy) is 1. The molecule has 0 fully saturated rings. The number of fused-ring (bicyclic) bond motifs is 3. The lowest BCUT2D eigenvalue weighted by Crippen LogP contribution is -2.12. The van der Waals surface area contributed by atoms with Crippen molar-refractivity contribution in [2.45, 2.75) is 52.4 Å². The minimum Gasteiger partial charge on any atom is -0.507 e. The van der Waals surface area contributed by atoms with Gasteiger partial charge in [-0.3, -0.25) is 4.57 Å². The molecule has 0 radical (unpaired) electrons. The average molecular weight is 542 g/mol. The van der Waals surface area contributed by atoms with Crippen molar-refractivity contribution in [3.05, 3.63) is 108 Å². The summed E-state index contributed by atoms with van der Waals surface area (Å²) in [6.07, 6.45) is 0. The van der Waals surface area contributed by atoms with Gasteiger partial charge >= 0.3 is 0 Å². The predicted molar refractivity (Wildman–Crippen MR) is 167 cm³/mol. The first-order valence-corrected chi connectivity index (χ1v) is 14.0. The van der Waals surface area contributed by atoms with Crippen LogP contribution in [0.4, 0.5) is 0 Å². The van der Waals surface area contributed by atoms with Gasteiger partial charge in [-0.25, -0.2) is 4.98 Å². The molecular weight excluding hydrogens is 506 g/mol. The Morgan fingerprint density at radius 3 is 2.07 bits per heavy atom. The van der Waals surface area contributed by atoms with Crippen LogP contribution in [0.3, 0.4) is 0 Å². The summed E-state index contributed by atoms with van der Waals surface area (Å²) in [5.41, 5.74) is 5.74. The fourth-order valence-corrected chi connectivity index (χ4v) is 5.20. The maximum atomic E-state index is 10.5. The van der Waals surface area contributed by atoms with Gasteiger partial charge in [-0.15, -0.1) is 0 Å². The van der Waals surface area contributed by atoms with Crippen molar-refractivity contribution < 1.29 is 9.84 Å². The SMILES string of the molecule is CC(C)(C)c1cc(Oc2cccc(-n3c4ccccc4c4cc(C(C)(C)C)ccc43)n2)nc(-c2ccccc2O)c1. The largest absolute Gasteiger partial charge is 0.507 e. The zero-order valence-corrected chi connectivity index (χ0v) is 24.4. The van der Waals surface area contributed by atoms with Crippen LogP contribution >= 0.6 is 0 Å². The zero-order valence-electron chi connectivity index (χ0n) is 24.4. The summed E-state index contributed by atoms with van der Waals surface area (Å²) in [7, 11) is 0. The van der Waals surface area contributed by atoms with Crippen LogP contribution < -0.4 is 4.74 Å². The summed E-state index contributed by atoms with van der Waals surface area (Å²) in [5.74, 6) is 1.82. The maximum absolute atomic E-state index is 10.5. The topological polar surface area (TPSA) is 60.2 Å². The van der Waals surface area contributed by atoms with Gasteiger partial charge in [-0.05, 0) is 64.4 Å². The number of hydrogen-bond acceptors (Lipinski definition) is 4. The molecule has 5 heteroatoms. The molecule has 1 N–H and O–H groups in total. The van der Waals surface area contributed by atoms with E-state index in [2.05, 4.69) is 88.6 Å². The highest BCUT2D eigenvalue weighted by Gasteiger charge is 2.20. The van der Waals surface area contributed by atoms with Gasteiger partial charge in [0.25, 0.3) is 0 Å². The average Bonchev–Trinajstić information content (AvgIpc) is 3.26.